The lowest BCUT2D eigenvalue weighted by molar-refractivity contribution is 0.135. The highest BCUT2D eigenvalue weighted by atomic mass is 32.1. The van der Waals surface area contributed by atoms with Gasteiger partial charge in [-0.25, -0.2) is 20.0 Å². The second-order valence-corrected chi connectivity index (χ2v) is 12.1. The van der Waals surface area contributed by atoms with Gasteiger partial charge in [0.1, 0.15) is 6.33 Å². The van der Waals surface area contributed by atoms with E-state index in [1.54, 1.807) is 22.7 Å². The van der Waals surface area contributed by atoms with Gasteiger partial charge in [0.15, 0.2) is 5.82 Å². The second-order valence-electron chi connectivity index (χ2n) is 11.2. The van der Waals surface area contributed by atoms with E-state index in [0.29, 0.717) is 5.82 Å². The molecule has 4 unspecified atom stereocenters. The largest absolute Gasteiger partial charge is 0.369 e. The van der Waals surface area contributed by atoms with Crippen molar-refractivity contribution in [1.82, 2.24) is 20.3 Å². The molecule has 1 aromatic carbocycles. The number of fused-ring (bicyclic) bond motifs is 3. The Kier molecular flexibility index (Phi) is 5.44. The molecule has 4 atom stereocenters. The molecule has 2 saturated carbocycles. The smallest absolute Gasteiger partial charge is 0.215 e. The van der Waals surface area contributed by atoms with Crippen molar-refractivity contribution in [3.8, 4) is 0 Å². The molecular weight excluding hydrogens is 482 g/mol. The van der Waals surface area contributed by atoms with Gasteiger partial charge in [-0.1, -0.05) is 12.5 Å². The number of benzene rings is 1. The Bertz CT molecular complexity index is 1380. The van der Waals surface area contributed by atoms with Crippen LogP contribution in [0.3, 0.4) is 0 Å². The van der Waals surface area contributed by atoms with E-state index < -0.39 is 5.79 Å². The van der Waals surface area contributed by atoms with Crippen molar-refractivity contribution < 1.29 is 0 Å². The summed E-state index contributed by atoms with van der Waals surface area (Å²) in [4.78, 5) is 18.8. The molecule has 4 heterocycles. The maximum Gasteiger partial charge on any atom is 0.215 e. The van der Waals surface area contributed by atoms with Crippen molar-refractivity contribution in [2.24, 2.45) is 28.3 Å². The van der Waals surface area contributed by atoms with Crippen molar-refractivity contribution in [1.29, 1.82) is 0 Å². The average Bonchev–Trinajstić information content (AvgIpc) is 3.69. The van der Waals surface area contributed by atoms with Gasteiger partial charge in [-0.3, -0.25) is 10.6 Å². The number of nitrogens with zero attached hydrogens (tertiary/aromatic N) is 6. The van der Waals surface area contributed by atoms with Crippen molar-refractivity contribution in [2.75, 3.05) is 36.1 Å². The lowest BCUT2D eigenvalue weighted by Crippen LogP contribution is -2.53. The van der Waals surface area contributed by atoms with E-state index in [0.717, 1.165) is 65.4 Å². The van der Waals surface area contributed by atoms with E-state index in [2.05, 4.69) is 60.7 Å². The third-order valence-corrected chi connectivity index (χ3v) is 10.1. The lowest BCUT2D eigenvalue weighted by atomic mass is 9.93. The van der Waals surface area contributed by atoms with Crippen LogP contribution in [0.15, 0.2) is 34.9 Å². The van der Waals surface area contributed by atoms with Crippen LogP contribution in [0.2, 0.25) is 0 Å². The average molecular weight is 518 g/mol. The van der Waals surface area contributed by atoms with Gasteiger partial charge in [-0.15, -0.1) is 11.3 Å². The molecule has 0 radical (unpaired) electrons. The Hall–Kier alpha value is -2.79. The van der Waals surface area contributed by atoms with Gasteiger partial charge in [0.2, 0.25) is 11.7 Å². The SMILES string of the molecule is Cc1cc(C2(N)N=C(N)N(c3ncnc4c(C)csc34)N2)ccc1N1CCN(C2CC3CCC2C3)CC1. The monoisotopic (exact) mass is 517 g/mol. The number of nitrogens with two attached hydrogens (primary N) is 2. The summed E-state index contributed by atoms with van der Waals surface area (Å²) in [6.07, 6.45) is 7.37. The van der Waals surface area contributed by atoms with Gasteiger partial charge in [0, 0.05) is 43.5 Å². The molecule has 3 aromatic rings. The first-order chi connectivity index (χ1) is 17.9. The summed E-state index contributed by atoms with van der Waals surface area (Å²) in [5.41, 5.74) is 21.8. The number of hydrogen-bond acceptors (Lipinski definition) is 10. The number of piperazine rings is 1. The third-order valence-electron chi connectivity index (χ3n) is 8.99. The Morgan fingerprint density at radius 1 is 1.05 bits per heavy atom. The van der Waals surface area contributed by atoms with E-state index in [1.807, 2.05) is 6.92 Å². The number of guanidine groups is 1. The lowest BCUT2D eigenvalue weighted by Gasteiger charge is -2.42. The maximum absolute atomic E-state index is 6.78. The summed E-state index contributed by atoms with van der Waals surface area (Å²) in [7, 11) is 0. The topological polar surface area (TPSA) is 112 Å². The minimum Gasteiger partial charge on any atom is -0.369 e. The molecule has 2 aliphatic carbocycles. The Balaban J connectivity index is 1.08. The minimum absolute atomic E-state index is 0.284. The highest BCUT2D eigenvalue weighted by Gasteiger charge is 2.43. The summed E-state index contributed by atoms with van der Waals surface area (Å²) < 4.78 is 0.950. The van der Waals surface area contributed by atoms with Crippen molar-refractivity contribution in [3.05, 3.63) is 46.6 Å². The van der Waals surface area contributed by atoms with Crippen LogP contribution in [0.1, 0.15) is 42.4 Å². The molecule has 3 fully saturated rings. The molecule has 2 aromatic heterocycles. The number of aryl methyl sites for hydroxylation is 2. The highest BCUT2D eigenvalue weighted by molar-refractivity contribution is 7.18. The predicted octanol–water partition coefficient (Wildman–Crippen LogP) is 3.03. The van der Waals surface area contributed by atoms with Crippen LogP contribution in [0, 0.1) is 25.7 Å². The number of thiophene rings is 1. The molecule has 0 spiro atoms. The van der Waals surface area contributed by atoms with Gasteiger partial charge in [-0.2, -0.15) is 5.43 Å². The maximum atomic E-state index is 6.78. The number of rotatable bonds is 4. The fraction of sp³-hybridized carbons (Fsp3) is 0.519. The van der Waals surface area contributed by atoms with Crippen LogP contribution in [0.5, 0.6) is 0 Å². The first-order valence-electron chi connectivity index (χ1n) is 13.4. The molecule has 2 aliphatic heterocycles. The first kappa shape index (κ1) is 23.3. The standard InChI is InChI=1S/C27H35N9S/c1-16-11-20(5-6-21(16)34-7-9-35(10-8-34)22-13-18-3-4-19(22)12-18)27(29)32-26(28)36(33-27)25-24-23(30-15-31-25)17(2)14-37-24/h5-6,11,14-15,18-19,22,33H,3-4,7-10,12-13,29H2,1-2H3,(H2,28,32). The van der Waals surface area contributed by atoms with Crippen LogP contribution in [-0.2, 0) is 5.79 Å². The zero-order chi connectivity index (χ0) is 25.3. The van der Waals surface area contributed by atoms with Gasteiger partial charge in [-0.05, 0) is 73.6 Å². The number of anilines is 2. The summed E-state index contributed by atoms with van der Waals surface area (Å²) in [6, 6.07) is 7.22. The zero-order valence-corrected chi connectivity index (χ0v) is 22.3. The first-order valence-corrected chi connectivity index (χ1v) is 14.3. The zero-order valence-electron chi connectivity index (χ0n) is 21.5. The number of aromatic nitrogens is 2. The number of hydrazine groups is 1. The summed E-state index contributed by atoms with van der Waals surface area (Å²) in [6.45, 7) is 8.66. The Morgan fingerprint density at radius 3 is 2.62 bits per heavy atom. The fourth-order valence-electron chi connectivity index (χ4n) is 7.09. The van der Waals surface area contributed by atoms with E-state index in [9.17, 15) is 0 Å². The molecule has 0 amide bonds. The molecule has 2 bridgehead atoms. The van der Waals surface area contributed by atoms with Crippen molar-refractivity contribution in [2.45, 2.75) is 51.4 Å². The van der Waals surface area contributed by atoms with Gasteiger partial charge in [0.25, 0.3) is 0 Å². The molecule has 37 heavy (non-hydrogen) atoms. The van der Waals surface area contributed by atoms with Gasteiger partial charge >= 0.3 is 0 Å². The van der Waals surface area contributed by atoms with Crippen LogP contribution in [0.4, 0.5) is 11.5 Å². The van der Waals surface area contributed by atoms with Crippen molar-refractivity contribution >= 4 is 39.0 Å². The molecule has 194 valence electrons. The molecular formula is C27H35N9S. The number of aliphatic imine (C=N–C) groups is 1. The fourth-order valence-corrected chi connectivity index (χ4v) is 8.07. The Labute approximate surface area is 221 Å². The van der Waals surface area contributed by atoms with Crippen LogP contribution in [-0.4, -0.2) is 53.0 Å². The molecule has 9 nitrogen and oxygen atoms in total. The molecule has 10 heteroatoms. The van der Waals surface area contributed by atoms with Crippen LogP contribution in [0.25, 0.3) is 10.2 Å². The normalized spacial score (nSPS) is 30.0. The second kappa shape index (κ2) is 8.62. The van der Waals surface area contributed by atoms with E-state index >= 15 is 0 Å². The molecule has 7 rings (SSSR count). The van der Waals surface area contributed by atoms with Crippen LogP contribution < -0.4 is 26.8 Å². The molecule has 5 N–H and O–H groups in total. The molecule has 1 saturated heterocycles. The number of hydrogen-bond donors (Lipinski definition) is 3. The third kappa shape index (κ3) is 3.80. The molecule has 4 aliphatic rings. The quantitative estimate of drug-likeness (QED) is 0.484. The van der Waals surface area contributed by atoms with E-state index in [4.69, 9.17) is 11.5 Å². The Morgan fingerprint density at radius 2 is 1.89 bits per heavy atom. The van der Waals surface area contributed by atoms with Gasteiger partial charge < -0.3 is 10.6 Å². The van der Waals surface area contributed by atoms with Gasteiger partial charge in [0.05, 0.1) is 10.2 Å². The van der Waals surface area contributed by atoms with E-state index in [-0.39, 0.29) is 5.96 Å². The van der Waals surface area contributed by atoms with Crippen LogP contribution >= 0.6 is 11.3 Å². The van der Waals surface area contributed by atoms with E-state index in [1.165, 1.54) is 36.9 Å². The summed E-state index contributed by atoms with van der Waals surface area (Å²) >= 11 is 1.59. The minimum atomic E-state index is -1.17. The number of nitrogens with one attached hydrogen (secondary N) is 1. The summed E-state index contributed by atoms with van der Waals surface area (Å²) in [5, 5.41) is 3.75. The van der Waals surface area contributed by atoms with Crippen molar-refractivity contribution in [3.63, 3.8) is 0 Å². The predicted molar refractivity (Wildman–Crippen MR) is 149 cm³/mol. The summed E-state index contributed by atoms with van der Waals surface area (Å²) in [5.74, 6) is 1.73. The highest BCUT2D eigenvalue weighted by Crippen LogP contribution is 2.47.